The summed E-state index contributed by atoms with van der Waals surface area (Å²) in [6.45, 7) is 1.82. The summed E-state index contributed by atoms with van der Waals surface area (Å²) < 4.78 is 38.5. The molecule has 2 rings (SSSR count). The Morgan fingerprint density at radius 1 is 1.24 bits per heavy atom. The summed E-state index contributed by atoms with van der Waals surface area (Å²) in [4.78, 5) is 5.04. The molecule has 0 radical (unpaired) electrons. The van der Waals surface area contributed by atoms with E-state index in [0.717, 1.165) is 28.4 Å². The van der Waals surface area contributed by atoms with E-state index >= 15 is 0 Å². The smallest absolute Gasteiger partial charge is 0.341 e. The van der Waals surface area contributed by atoms with Crippen LogP contribution in [-0.2, 0) is 6.18 Å². The van der Waals surface area contributed by atoms with E-state index in [4.69, 9.17) is 12.2 Å². The Hall–Kier alpha value is -2.13. The zero-order valence-corrected chi connectivity index (χ0v) is 15.0. The standard InChI is InChI=1S/C16H15F3N4S2/c1-10(23-20-2)14-7-6-13(9-21-14)25-15(24)22-12-5-3-4-11(8-12)16(17,18)19/h3-9,20H,1-2H3,(H,22,24). The number of aromatic nitrogens is 1. The molecular weight excluding hydrogens is 369 g/mol. The highest BCUT2D eigenvalue weighted by Crippen LogP contribution is 2.31. The molecule has 0 fully saturated rings. The van der Waals surface area contributed by atoms with Gasteiger partial charge in [-0.1, -0.05) is 30.0 Å². The van der Waals surface area contributed by atoms with Crippen LogP contribution < -0.4 is 10.7 Å². The lowest BCUT2D eigenvalue weighted by Crippen LogP contribution is -2.08. The van der Waals surface area contributed by atoms with Crippen molar-refractivity contribution in [3.05, 3.63) is 53.9 Å². The lowest BCUT2D eigenvalue weighted by molar-refractivity contribution is -0.137. The Labute approximate surface area is 152 Å². The molecule has 0 spiro atoms. The van der Waals surface area contributed by atoms with Crippen LogP contribution in [0.15, 0.2) is 52.6 Å². The van der Waals surface area contributed by atoms with Gasteiger partial charge >= 0.3 is 6.18 Å². The fraction of sp³-hybridized carbons (Fsp3) is 0.188. The van der Waals surface area contributed by atoms with Gasteiger partial charge in [0.05, 0.1) is 17.0 Å². The van der Waals surface area contributed by atoms with Gasteiger partial charge in [0.1, 0.15) is 4.32 Å². The minimum Gasteiger partial charge on any atom is -0.341 e. The Morgan fingerprint density at radius 3 is 2.60 bits per heavy atom. The van der Waals surface area contributed by atoms with E-state index in [1.165, 1.54) is 23.9 Å². The van der Waals surface area contributed by atoms with Gasteiger partial charge in [-0.3, -0.25) is 4.98 Å². The van der Waals surface area contributed by atoms with Crippen molar-refractivity contribution in [2.45, 2.75) is 18.0 Å². The first-order valence-electron chi connectivity index (χ1n) is 7.13. The van der Waals surface area contributed by atoms with Crippen molar-refractivity contribution in [2.24, 2.45) is 5.10 Å². The van der Waals surface area contributed by atoms with Crippen LogP contribution >= 0.6 is 24.0 Å². The summed E-state index contributed by atoms with van der Waals surface area (Å²) >= 11 is 6.40. The van der Waals surface area contributed by atoms with E-state index in [1.807, 2.05) is 13.0 Å². The van der Waals surface area contributed by atoms with Crippen LogP contribution in [0.3, 0.4) is 0 Å². The normalized spacial score (nSPS) is 12.0. The summed E-state index contributed by atoms with van der Waals surface area (Å²) in [7, 11) is 1.70. The number of thioether (sulfide) groups is 1. The number of anilines is 1. The molecule has 1 heterocycles. The molecule has 4 nitrogen and oxygen atoms in total. The van der Waals surface area contributed by atoms with Crippen molar-refractivity contribution in [3.8, 4) is 0 Å². The number of pyridine rings is 1. The quantitative estimate of drug-likeness (QED) is 0.351. The number of rotatable bonds is 4. The molecule has 0 atom stereocenters. The summed E-state index contributed by atoms with van der Waals surface area (Å²) in [6, 6.07) is 8.51. The van der Waals surface area contributed by atoms with Gasteiger partial charge in [0.2, 0.25) is 0 Å². The van der Waals surface area contributed by atoms with E-state index < -0.39 is 11.7 Å². The number of hydrazone groups is 1. The molecule has 1 aromatic heterocycles. The van der Waals surface area contributed by atoms with Crippen LogP contribution in [0.1, 0.15) is 18.2 Å². The molecule has 1 aromatic carbocycles. The van der Waals surface area contributed by atoms with Gasteiger partial charge < -0.3 is 10.7 Å². The van der Waals surface area contributed by atoms with Gasteiger partial charge in [-0.25, -0.2) is 0 Å². The summed E-state index contributed by atoms with van der Waals surface area (Å²) in [5, 5.41) is 6.83. The predicted octanol–water partition coefficient (Wildman–Crippen LogP) is 4.53. The Kier molecular flexibility index (Phi) is 6.38. The molecular formula is C16H15F3N4S2. The van der Waals surface area contributed by atoms with Crippen molar-refractivity contribution in [1.29, 1.82) is 0 Å². The number of alkyl halides is 3. The summed E-state index contributed by atoms with van der Waals surface area (Å²) in [5.41, 5.74) is 3.70. The molecule has 0 aliphatic heterocycles. The number of thiocarbonyl (C=S) groups is 1. The molecule has 0 aliphatic carbocycles. The fourth-order valence-corrected chi connectivity index (χ4v) is 2.93. The van der Waals surface area contributed by atoms with Crippen LogP contribution in [-0.4, -0.2) is 22.1 Å². The zero-order chi connectivity index (χ0) is 18.4. The first-order chi connectivity index (χ1) is 11.8. The van der Waals surface area contributed by atoms with E-state index in [1.54, 1.807) is 19.3 Å². The van der Waals surface area contributed by atoms with Gasteiger partial charge in [0.15, 0.2) is 0 Å². The van der Waals surface area contributed by atoms with Crippen LogP contribution in [0.4, 0.5) is 18.9 Å². The number of nitrogens with one attached hydrogen (secondary N) is 2. The fourth-order valence-electron chi connectivity index (χ4n) is 1.90. The lowest BCUT2D eigenvalue weighted by atomic mass is 10.2. The maximum atomic E-state index is 12.7. The SMILES string of the molecule is CNN=C(C)c1ccc(SC(=S)Nc2cccc(C(F)(F)F)c2)cn1. The van der Waals surface area contributed by atoms with Crippen molar-refractivity contribution in [2.75, 3.05) is 12.4 Å². The lowest BCUT2D eigenvalue weighted by Gasteiger charge is -2.11. The highest BCUT2D eigenvalue weighted by molar-refractivity contribution is 8.23. The van der Waals surface area contributed by atoms with Gasteiger partial charge in [0.25, 0.3) is 0 Å². The topological polar surface area (TPSA) is 49.3 Å². The third kappa shape index (κ3) is 5.71. The van der Waals surface area contributed by atoms with Gasteiger partial charge in [-0.15, -0.1) is 0 Å². The minimum absolute atomic E-state index is 0.286. The second-order valence-corrected chi connectivity index (χ2v) is 6.64. The Bertz CT molecular complexity index is 774. The zero-order valence-electron chi connectivity index (χ0n) is 13.4. The molecule has 25 heavy (non-hydrogen) atoms. The number of nitrogens with zero attached hydrogens (tertiary/aromatic N) is 2. The van der Waals surface area contributed by atoms with Gasteiger partial charge in [0, 0.05) is 23.8 Å². The Morgan fingerprint density at radius 2 is 2.00 bits per heavy atom. The van der Waals surface area contributed by atoms with Crippen LogP contribution in [0, 0.1) is 0 Å². The van der Waals surface area contributed by atoms with Crippen LogP contribution in [0.25, 0.3) is 0 Å². The molecule has 0 saturated heterocycles. The third-order valence-electron chi connectivity index (χ3n) is 3.03. The second-order valence-electron chi connectivity index (χ2n) is 4.89. The number of hydrogen-bond donors (Lipinski definition) is 2. The monoisotopic (exact) mass is 384 g/mol. The van der Waals surface area contributed by atoms with E-state index in [-0.39, 0.29) is 5.69 Å². The van der Waals surface area contributed by atoms with Crippen molar-refractivity contribution in [1.82, 2.24) is 10.4 Å². The van der Waals surface area contributed by atoms with Crippen LogP contribution in [0.5, 0.6) is 0 Å². The van der Waals surface area contributed by atoms with Gasteiger partial charge in [-0.05, 0) is 37.3 Å². The maximum absolute atomic E-state index is 12.7. The van der Waals surface area contributed by atoms with Crippen molar-refractivity contribution in [3.63, 3.8) is 0 Å². The summed E-state index contributed by atoms with van der Waals surface area (Å²) in [6.07, 6.45) is -2.76. The molecule has 2 N–H and O–H groups in total. The van der Waals surface area contributed by atoms with E-state index in [9.17, 15) is 13.2 Å². The van der Waals surface area contributed by atoms with Gasteiger partial charge in [-0.2, -0.15) is 18.3 Å². The molecule has 0 bridgehead atoms. The van der Waals surface area contributed by atoms with Crippen LogP contribution in [0.2, 0.25) is 0 Å². The van der Waals surface area contributed by atoms with Crippen molar-refractivity contribution >= 4 is 39.7 Å². The molecule has 0 unspecified atom stereocenters. The summed E-state index contributed by atoms with van der Waals surface area (Å²) in [5.74, 6) is 0. The maximum Gasteiger partial charge on any atom is 0.416 e. The third-order valence-corrected chi connectivity index (χ3v) is 4.15. The molecule has 0 amide bonds. The van der Waals surface area contributed by atoms with E-state index in [0.29, 0.717) is 4.32 Å². The molecule has 2 aromatic rings. The second kappa shape index (κ2) is 8.30. The molecule has 0 aliphatic rings. The molecule has 132 valence electrons. The highest BCUT2D eigenvalue weighted by Gasteiger charge is 2.30. The highest BCUT2D eigenvalue weighted by atomic mass is 32.2. The average Bonchev–Trinajstić information content (AvgIpc) is 2.55. The minimum atomic E-state index is -4.39. The largest absolute Gasteiger partial charge is 0.416 e. The first-order valence-corrected chi connectivity index (χ1v) is 8.35. The average molecular weight is 384 g/mol. The molecule has 0 saturated carbocycles. The predicted molar refractivity (Wildman–Crippen MR) is 99.0 cm³/mol. The first kappa shape index (κ1) is 19.2. The number of halogens is 3. The molecule has 9 heteroatoms. The number of hydrogen-bond acceptors (Lipinski definition) is 5. The number of benzene rings is 1. The van der Waals surface area contributed by atoms with E-state index in [2.05, 4.69) is 20.8 Å². The Balaban J connectivity index is 2.02. The van der Waals surface area contributed by atoms with Crippen molar-refractivity contribution < 1.29 is 13.2 Å².